The van der Waals surface area contributed by atoms with E-state index < -0.39 is 17.7 Å². The number of amides is 2. The van der Waals surface area contributed by atoms with Gasteiger partial charge in [-0.3, -0.25) is 14.6 Å². The summed E-state index contributed by atoms with van der Waals surface area (Å²) in [5, 5.41) is 2.57. The van der Waals surface area contributed by atoms with Crippen LogP contribution in [0.4, 0.5) is 9.18 Å². The molecule has 2 aromatic rings. The molecule has 3 rings (SSSR count). The van der Waals surface area contributed by atoms with Gasteiger partial charge in [-0.1, -0.05) is 12.1 Å². The van der Waals surface area contributed by atoms with Crippen LogP contribution in [0.5, 0.6) is 5.75 Å². The molecule has 1 aliphatic rings. The average molecular weight is 399 g/mol. The predicted octanol–water partition coefficient (Wildman–Crippen LogP) is 2.74. The van der Waals surface area contributed by atoms with Gasteiger partial charge in [-0.25, -0.2) is 9.18 Å². The Labute approximate surface area is 167 Å². The van der Waals surface area contributed by atoms with Crippen molar-refractivity contribution in [2.75, 3.05) is 19.6 Å². The summed E-state index contributed by atoms with van der Waals surface area (Å²) in [6.07, 6.45) is 1.92. The Bertz CT molecular complexity index is 893. The maximum Gasteiger partial charge on any atom is 0.415 e. The zero-order valence-corrected chi connectivity index (χ0v) is 16.1. The molecule has 1 aromatic heterocycles. The number of ether oxygens (including phenoxy) is 1. The van der Waals surface area contributed by atoms with Gasteiger partial charge in [-0.05, 0) is 44.0 Å². The number of Topliss-reactive ketones (excluding diaryl/α,β-unsaturated/α-hetero) is 1. The Hall–Kier alpha value is -3.29. The lowest BCUT2D eigenvalue weighted by Gasteiger charge is -2.30. The summed E-state index contributed by atoms with van der Waals surface area (Å²) in [7, 11) is 0. The summed E-state index contributed by atoms with van der Waals surface area (Å²) < 4.78 is 18.9. The summed E-state index contributed by atoms with van der Waals surface area (Å²) in [5.41, 5.74) is 0.779. The van der Waals surface area contributed by atoms with Crippen LogP contribution in [0.25, 0.3) is 0 Å². The lowest BCUT2D eigenvalue weighted by molar-refractivity contribution is -0.126. The predicted molar refractivity (Wildman–Crippen MR) is 103 cm³/mol. The minimum absolute atomic E-state index is 0.0454. The fourth-order valence-corrected chi connectivity index (χ4v) is 3.10. The van der Waals surface area contributed by atoms with Crippen molar-refractivity contribution in [1.29, 1.82) is 0 Å². The summed E-state index contributed by atoms with van der Waals surface area (Å²) in [6, 6.07) is 9.08. The number of aryl methyl sites for hydroxylation is 1. The molecule has 2 amide bonds. The Kier molecular flexibility index (Phi) is 6.54. The Morgan fingerprint density at radius 3 is 2.55 bits per heavy atom. The van der Waals surface area contributed by atoms with Gasteiger partial charge in [0, 0.05) is 24.7 Å². The summed E-state index contributed by atoms with van der Waals surface area (Å²) in [5.74, 6) is -1.31. The van der Waals surface area contributed by atoms with Crippen molar-refractivity contribution >= 4 is 17.8 Å². The highest BCUT2D eigenvalue weighted by atomic mass is 19.1. The van der Waals surface area contributed by atoms with E-state index in [1.165, 1.54) is 29.3 Å². The van der Waals surface area contributed by atoms with E-state index in [4.69, 9.17) is 4.74 Å². The maximum absolute atomic E-state index is 13.6. The van der Waals surface area contributed by atoms with E-state index in [1.807, 2.05) is 6.92 Å². The number of benzene rings is 1. The second-order valence-corrected chi connectivity index (χ2v) is 6.89. The molecule has 0 spiro atoms. The first-order valence-corrected chi connectivity index (χ1v) is 9.39. The van der Waals surface area contributed by atoms with Crippen molar-refractivity contribution in [3.05, 3.63) is 59.7 Å². The number of aromatic nitrogens is 1. The summed E-state index contributed by atoms with van der Waals surface area (Å²) in [4.78, 5) is 42.2. The molecule has 8 heteroatoms. The van der Waals surface area contributed by atoms with E-state index in [1.54, 1.807) is 18.2 Å². The van der Waals surface area contributed by atoms with Crippen molar-refractivity contribution < 1.29 is 23.5 Å². The third-order valence-electron chi connectivity index (χ3n) is 4.81. The van der Waals surface area contributed by atoms with Crippen LogP contribution in [0.2, 0.25) is 0 Å². The van der Waals surface area contributed by atoms with Gasteiger partial charge in [-0.15, -0.1) is 0 Å². The zero-order valence-electron chi connectivity index (χ0n) is 16.1. The summed E-state index contributed by atoms with van der Waals surface area (Å²) >= 11 is 0. The molecule has 1 fully saturated rings. The van der Waals surface area contributed by atoms with Crippen LogP contribution in [-0.4, -0.2) is 47.3 Å². The number of nitrogens with zero attached hydrogens (tertiary/aromatic N) is 2. The molecule has 2 heterocycles. The number of carbonyl (C=O) groups excluding carboxylic acids is 3. The minimum Gasteiger partial charge on any atom is -0.409 e. The minimum atomic E-state index is -0.609. The molecule has 0 radical (unpaired) electrons. The highest BCUT2D eigenvalue weighted by Gasteiger charge is 2.28. The molecule has 152 valence electrons. The van der Waals surface area contributed by atoms with Crippen LogP contribution in [-0.2, 0) is 4.79 Å². The first-order valence-electron chi connectivity index (χ1n) is 9.39. The quantitative estimate of drug-likeness (QED) is 0.781. The Morgan fingerprint density at radius 2 is 1.90 bits per heavy atom. The van der Waals surface area contributed by atoms with E-state index in [-0.39, 0.29) is 23.9 Å². The number of carbonyl (C=O) groups is 3. The van der Waals surface area contributed by atoms with Crippen LogP contribution in [0.3, 0.4) is 0 Å². The molecule has 1 aliphatic heterocycles. The second kappa shape index (κ2) is 9.27. The molecule has 0 atom stereocenters. The molecule has 0 saturated carbocycles. The normalized spacial score (nSPS) is 14.3. The zero-order chi connectivity index (χ0) is 20.8. The van der Waals surface area contributed by atoms with Gasteiger partial charge < -0.3 is 15.0 Å². The van der Waals surface area contributed by atoms with Crippen LogP contribution >= 0.6 is 0 Å². The molecule has 0 unspecified atom stereocenters. The Balaban J connectivity index is 1.44. The van der Waals surface area contributed by atoms with Crippen LogP contribution in [0, 0.1) is 18.7 Å². The number of pyridine rings is 1. The highest BCUT2D eigenvalue weighted by molar-refractivity contribution is 5.99. The van der Waals surface area contributed by atoms with Gasteiger partial charge in [0.1, 0.15) is 5.82 Å². The molecule has 29 heavy (non-hydrogen) atoms. The van der Waals surface area contributed by atoms with Crippen LogP contribution in [0.15, 0.2) is 42.6 Å². The maximum atomic E-state index is 13.6. The van der Waals surface area contributed by atoms with Crippen molar-refractivity contribution in [3.63, 3.8) is 0 Å². The van der Waals surface area contributed by atoms with Gasteiger partial charge in [0.2, 0.25) is 5.91 Å². The van der Waals surface area contributed by atoms with Crippen molar-refractivity contribution in [1.82, 2.24) is 15.2 Å². The van der Waals surface area contributed by atoms with Gasteiger partial charge in [0.25, 0.3) is 0 Å². The molecular weight excluding hydrogens is 377 g/mol. The summed E-state index contributed by atoms with van der Waals surface area (Å²) in [6.45, 7) is 2.32. The number of ketones is 1. The van der Waals surface area contributed by atoms with E-state index in [0.717, 1.165) is 5.69 Å². The third kappa shape index (κ3) is 5.37. The molecule has 7 nitrogen and oxygen atoms in total. The largest absolute Gasteiger partial charge is 0.415 e. The smallest absolute Gasteiger partial charge is 0.409 e. The van der Waals surface area contributed by atoms with E-state index in [9.17, 15) is 18.8 Å². The number of piperidine rings is 1. The van der Waals surface area contributed by atoms with E-state index in [0.29, 0.717) is 31.7 Å². The van der Waals surface area contributed by atoms with Crippen molar-refractivity contribution in [3.8, 4) is 5.75 Å². The highest BCUT2D eigenvalue weighted by Crippen LogP contribution is 2.19. The number of likely N-dealkylation sites (tertiary alicyclic amines) is 1. The number of halogens is 1. The molecule has 1 saturated heterocycles. The van der Waals surface area contributed by atoms with Crippen LogP contribution < -0.4 is 10.1 Å². The molecule has 1 N–H and O–H groups in total. The first-order chi connectivity index (χ1) is 13.9. The number of nitrogens with one attached hydrogen (secondary N) is 1. The first kappa shape index (κ1) is 20.4. The van der Waals surface area contributed by atoms with E-state index >= 15 is 0 Å². The van der Waals surface area contributed by atoms with Gasteiger partial charge in [-0.2, -0.15) is 0 Å². The average Bonchev–Trinajstić information content (AvgIpc) is 2.74. The number of hydrogen-bond acceptors (Lipinski definition) is 5. The van der Waals surface area contributed by atoms with Crippen molar-refractivity contribution in [2.45, 2.75) is 19.8 Å². The topological polar surface area (TPSA) is 88.6 Å². The standard InChI is InChI=1S/C21H22FN3O4/c1-14-6-7-16(12-23-14)29-21(28)25-10-8-15(9-11-25)20(27)24-13-19(26)17-4-2-3-5-18(17)22/h2-7,12,15H,8-11,13H2,1H3,(H,24,27). The van der Waals surface area contributed by atoms with Crippen LogP contribution in [0.1, 0.15) is 28.9 Å². The monoisotopic (exact) mass is 399 g/mol. The SMILES string of the molecule is Cc1ccc(OC(=O)N2CCC(C(=O)NCC(=O)c3ccccc3F)CC2)cn1. The molecular formula is C21H22FN3O4. The fraction of sp³-hybridized carbons (Fsp3) is 0.333. The van der Waals surface area contributed by atoms with Gasteiger partial charge in [0.05, 0.1) is 18.3 Å². The number of rotatable bonds is 5. The van der Waals surface area contributed by atoms with E-state index in [2.05, 4.69) is 10.3 Å². The lowest BCUT2D eigenvalue weighted by Crippen LogP contribution is -2.44. The van der Waals surface area contributed by atoms with Crippen molar-refractivity contribution in [2.24, 2.45) is 5.92 Å². The van der Waals surface area contributed by atoms with Gasteiger partial charge >= 0.3 is 6.09 Å². The molecule has 1 aromatic carbocycles. The fourth-order valence-electron chi connectivity index (χ4n) is 3.10. The molecule has 0 bridgehead atoms. The number of hydrogen-bond donors (Lipinski definition) is 1. The second-order valence-electron chi connectivity index (χ2n) is 6.89. The molecule has 0 aliphatic carbocycles. The lowest BCUT2D eigenvalue weighted by atomic mass is 9.96. The third-order valence-corrected chi connectivity index (χ3v) is 4.81. The van der Waals surface area contributed by atoms with Gasteiger partial charge in [0.15, 0.2) is 11.5 Å². The Morgan fingerprint density at radius 1 is 1.17 bits per heavy atom.